The zero-order valence-electron chi connectivity index (χ0n) is 13.6. The van der Waals surface area contributed by atoms with Gasteiger partial charge in [-0.2, -0.15) is 0 Å². The molecule has 6 heteroatoms. The highest BCUT2D eigenvalue weighted by Gasteiger charge is 2.35. The van der Waals surface area contributed by atoms with Gasteiger partial charge in [0.2, 0.25) is 12.6 Å². The van der Waals surface area contributed by atoms with Gasteiger partial charge < -0.3 is 18.9 Å². The second kappa shape index (κ2) is 4.86. The van der Waals surface area contributed by atoms with E-state index in [4.69, 9.17) is 18.9 Å². The SMILES string of the molecule is COc1ccc2c(c1OC)C(=O)c1nccc3cc4c(c-2c13)OCO4. The van der Waals surface area contributed by atoms with Crippen LogP contribution in [-0.2, 0) is 0 Å². The minimum atomic E-state index is -0.192. The smallest absolute Gasteiger partial charge is 0.231 e. The number of hydrogen-bond acceptors (Lipinski definition) is 6. The molecule has 6 nitrogen and oxygen atoms in total. The van der Waals surface area contributed by atoms with Crippen molar-refractivity contribution in [3.8, 4) is 34.1 Å². The molecular formula is C19H13NO5. The van der Waals surface area contributed by atoms with E-state index < -0.39 is 0 Å². The van der Waals surface area contributed by atoms with Crippen LogP contribution in [0.2, 0.25) is 0 Å². The first-order valence-electron chi connectivity index (χ1n) is 7.76. The normalized spacial score (nSPS) is 13.8. The molecule has 0 atom stereocenters. The second-order valence-electron chi connectivity index (χ2n) is 5.80. The third-order valence-electron chi connectivity index (χ3n) is 4.65. The fraction of sp³-hybridized carbons (Fsp3) is 0.158. The van der Waals surface area contributed by atoms with Crippen LogP contribution in [0.3, 0.4) is 0 Å². The molecule has 1 aliphatic carbocycles. The maximum Gasteiger partial charge on any atom is 0.231 e. The summed E-state index contributed by atoms with van der Waals surface area (Å²) in [5.74, 6) is 1.99. The lowest BCUT2D eigenvalue weighted by Crippen LogP contribution is -2.14. The highest BCUT2D eigenvalue weighted by atomic mass is 16.7. The average molecular weight is 335 g/mol. The topological polar surface area (TPSA) is 66.9 Å². The monoisotopic (exact) mass is 335 g/mol. The molecule has 0 radical (unpaired) electrons. The summed E-state index contributed by atoms with van der Waals surface area (Å²) in [7, 11) is 3.06. The lowest BCUT2D eigenvalue weighted by atomic mass is 9.84. The van der Waals surface area contributed by atoms with Crippen LogP contribution in [0.15, 0.2) is 30.5 Å². The number of ether oxygens (including phenoxy) is 4. The molecule has 1 aliphatic heterocycles. The molecule has 25 heavy (non-hydrogen) atoms. The number of aromatic nitrogens is 1. The lowest BCUT2D eigenvalue weighted by Gasteiger charge is -2.23. The van der Waals surface area contributed by atoms with E-state index in [0.29, 0.717) is 34.3 Å². The molecule has 124 valence electrons. The predicted octanol–water partition coefficient (Wildman–Crippen LogP) is 3.19. The van der Waals surface area contributed by atoms with E-state index in [0.717, 1.165) is 21.9 Å². The van der Waals surface area contributed by atoms with Gasteiger partial charge in [-0.05, 0) is 29.7 Å². The molecule has 0 N–H and O–H groups in total. The Labute approximate surface area is 142 Å². The molecule has 0 saturated carbocycles. The minimum Gasteiger partial charge on any atom is -0.493 e. The zero-order chi connectivity index (χ0) is 17.1. The molecule has 0 fully saturated rings. The Kier molecular flexibility index (Phi) is 2.74. The largest absolute Gasteiger partial charge is 0.493 e. The predicted molar refractivity (Wildman–Crippen MR) is 89.8 cm³/mol. The van der Waals surface area contributed by atoms with Crippen LogP contribution in [-0.4, -0.2) is 31.8 Å². The van der Waals surface area contributed by atoms with Gasteiger partial charge in [-0.3, -0.25) is 9.78 Å². The number of benzene rings is 2. The van der Waals surface area contributed by atoms with Crippen molar-refractivity contribution in [3.05, 3.63) is 41.7 Å². The molecule has 0 spiro atoms. The summed E-state index contributed by atoms with van der Waals surface area (Å²) >= 11 is 0. The van der Waals surface area contributed by atoms with Crippen LogP contribution in [0.1, 0.15) is 16.1 Å². The molecule has 1 aromatic heterocycles. The summed E-state index contributed by atoms with van der Waals surface area (Å²) in [5, 5.41) is 1.66. The van der Waals surface area contributed by atoms with Crippen molar-refractivity contribution < 1.29 is 23.7 Å². The zero-order valence-corrected chi connectivity index (χ0v) is 13.6. The molecule has 5 rings (SSSR count). The Hall–Kier alpha value is -3.28. The highest BCUT2D eigenvalue weighted by Crippen LogP contribution is 2.53. The Bertz CT molecular complexity index is 1070. The Balaban J connectivity index is 1.99. The molecule has 2 aliphatic rings. The molecule has 3 aromatic rings. The Morgan fingerprint density at radius 2 is 1.96 bits per heavy atom. The number of nitrogens with zero attached hydrogens (tertiary/aromatic N) is 1. The van der Waals surface area contributed by atoms with Gasteiger partial charge in [-0.25, -0.2) is 0 Å². The summed E-state index contributed by atoms with van der Waals surface area (Å²) in [6.07, 6.45) is 1.62. The van der Waals surface area contributed by atoms with Crippen LogP contribution in [0.4, 0.5) is 0 Å². The van der Waals surface area contributed by atoms with Gasteiger partial charge in [-0.1, -0.05) is 0 Å². The summed E-state index contributed by atoms with van der Waals surface area (Å²) in [5.41, 5.74) is 2.35. The van der Waals surface area contributed by atoms with Crippen LogP contribution in [0.5, 0.6) is 23.0 Å². The lowest BCUT2D eigenvalue weighted by molar-refractivity contribution is 0.103. The highest BCUT2D eigenvalue weighted by molar-refractivity contribution is 6.27. The number of pyridine rings is 1. The second-order valence-corrected chi connectivity index (χ2v) is 5.80. The number of hydrogen-bond donors (Lipinski definition) is 0. The maximum absolute atomic E-state index is 13.2. The van der Waals surface area contributed by atoms with Gasteiger partial charge in [0, 0.05) is 22.7 Å². The van der Waals surface area contributed by atoms with Gasteiger partial charge in [-0.15, -0.1) is 0 Å². The van der Waals surface area contributed by atoms with E-state index in [1.54, 1.807) is 19.4 Å². The van der Waals surface area contributed by atoms with Crippen molar-refractivity contribution in [1.82, 2.24) is 4.98 Å². The number of fused-ring (bicyclic) bond motifs is 4. The first-order chi connectivity index (χ1) is 12.2. The summed E-state index contributed by atoms with van der Waals surface area (Å²) in [6, 6.07) is 7.38. The number of methoxy groups -OCH3 is 2. The molecule has 2 heterocycles. The van der Waals surface area contributed by atoms with Gasteiger partial charge >= 0.3 is 0 Å². The quantitative estimate of drug-likeness (QED) is 0.560. The summed E-state index contributed by atoms with van der Waals surface area (Å²) in [6.45, 7) is 0.151. The average Bonchev–Trinajstić information content (AvgIpc) is 3.11. The van der Waals surface area contributed by atoms with E-state index in [2.05, 4.69) is 4.98 Å². The van der Waals surface area contributed by atoms with Crippen LogP contribution < -0.4 is 18.9 Å². The summed E-state index contributed by atoms with van der Waals surface area (Å²) < 4.78 is 22.1. The fourth-order valence-electron chi connectivity index (χ4n) is 3.61. The van der Waals surface area contributed by atoms with Gasteiger partial charge in [0.25, 0.3) is 0 Å². The number of carbonyl (C=O) groups is 1. The molecule has 0 unspecified atom stereocenters. The van der Waals surface area contributed by atoms with E-state index in [-0.39, 0.29) is 12.6 Å². The first-order valence-corrected chi connectivity index (χ1v) is 7.76. The number of carbonyl (C=O) groups excluding carboxylic acids is 1. The van der Waals surface area contributed by atoms with Gasteiger partial charge in [0.05, 0.1) is 19.8 Å². The molecule has 0 bridgehead atoms. The van der Waals surface area contributed by atoms with Crippen molar-refractivity contribution >= 4 is 16.6 Å². The van der Waals surface area contributed by atoms with Gasteiger partial charge in [0.15, 0.2) is 23.0 Å². The van der Waals surface area contributed by atoms with Crippen LogP contribution in [0, 0.1) is 0 Å². The molecule has 2 aromatic carbocycles. The first kappa shape index (κ1) is 14.1. The number of rotatable bonds is 2. The third kappa shape index (κ3) is 1.68. The molecule has 0 saturated heterocycles. The Morgan fingerprint density at radius 1 is 1.08 bits per heavy atom. The van der Waals surface area contributed by atoms with E-state index >= 15 is 0 Å². The van der Waals surface area contributed by atoms with Crippen LogP contribution >= 0.6 is 0 Å². The van der Waals surface area contributed by atoms with Crippen molar-refractivity contribution in [2.75, 3.05) is 21.0 Å². The van der Waals surface area contributed by atoms with E-state index in [1.807, 2.05) is 18.2 Å². The van der Waals surface area contributed by atoms with Gasteiger partial charge in [0.1, 0.15) is 5.69 Å². The standard InChI is InChI=1S/C19H13NO5/c1-22-11-4-3-10-14-13-9(7-12-19(14)25-8-24-12)5-6-20-16(13)17(21)15(10)18(11)23-2/h3-7H,8H2,1-2H3. The third-order valence-corrected chi connectivity index (χ3v) is 4.65. The van der Waals surface area contributed by atoms with Crippen molar-refractivity contribution in [2.45, 2.75) is 0 Å². The minimum absolute atomic E-state index is 0.151. The fourth-order valence-corrected chi connectivity index (χ4v) is 3.61. The Morgan fingerprint density at radius 3 is 2.76 bits per heavy atom. The van der Waals surface area contributed by atoms with Crippen LogP contribution in [0.25, 0.3) is 21.9 Å². The number of ketones is 1. The van der Waals surface area contributed by atoms with Crippen molar-refractivity contribution in [2.24, 2.45) is 0 Å². The molecular weight excluding hydrogens is 322 g/mol. The van der Waals surface area contributed by atoms with E-state index in [1.165, 1.54) is 7.11 Å². The summed E-state index contributed by atoms with van der Waals surface area (Å²) in [4.78, 5) is 17.5. The van der Waals surface area contributed by atoms with E-state index in [9.17, 15) is 4.79 Å². The molecule has 0 amide bonds. The van der Waals surface area contributed by atoms with Crippen molar-refractivity contribution in [1.29, 1.82) is 0 Å². The maximum atomic E-state index is 13.2. The van der Waals surface area contributed by atoms with Crippen molar-refractivity contribution in [3.63, 3.8) is 0 Å².